The summed E-state index contributed by atoms with van der Waals surface area (Å²) in [5.74, 6) is 1.75. The van der Waals surface area contributed by atoms with Gasteiger partial charge in [0.05, 0.1) is 17.2 Å². The minimum absolute atomic E-state index is 0.227. The molecule has 1 aromatic rings. The van der Waals surface area contributed by atoms with Gasteiger partial charge in [-0.1, -0.05) is 13.3 Å². The van der Waals surface area contributed by atoms with Crippen molar-refractivity contribution < 1.29 is 8.42 Å². The number of imidazole rings is 1. The van der Waals surface area contributed by atoms with Crippen LogP contribution in [0.3, 0.4) is 0 Å². The highest BCUT2D eigenvalue weighted by Crippen LogP contribution is 2.22. The largest absolute Gasteiger partial charge is 0.356 e. The summed E-state index contributed by atoms with van der Waals surface area (Å²) in [6.45, 7) is 5.78. The van der Waals surface area contributed by atoms with E-state index in [-0.39, 0.29) is 5.92 Å². The second kappa shape index (κ2) is 5.94. The lowest BCUT2D eigenvalue weighted by Crippen LogP contribution is -2.15. The minimum atomic E-state index is -2.80. The second-order valence-electron chi connectivity index (χ2n) is 5.41. The summed E-state index contributed by atoms with van der Waals surface area (Å²) in [7, 11) is -2.80. The van der Waals surface area contributed by atoms with Crippen LogP contribution in [0, 0.1) is 12.8 Å². The fraction of sp³-hybridized carbons (Fsp3) is 0.769. The maximum absolute atomic E-state index is 11.5. The van der Waals surface area contributed by atoms with Crippen molar-refractivity contribution in [1.29, 1.82) is 0 Å². The first-order chi connectivity index (χ1) is 9.00. The number of hydrogen-bond acceptors (Lipinski definition) is 4. The van der Waals surface area contributed by atoms with Crippen LogP contribution in [0.15, 0.2) is 6.20 Å². The topological polar surface area (TPSA) is 64.0 Å². The molecule has 6 heteroatoms. The average molecular weight is 285 g/mol. The molecule has 1 aromatic heterocycles. The quantitative estimate of drug-likeness (QED) is 0.810. The van der Waals surface area contributed by atoms with Crippen molar-refractivity contribution in [2.45, 2.75) is 39.7 Å². The van der Waals surface area contributed by atoms with Gasteiger partial charge in [-0.25, -0.2) is 13.4 Å². The first kappa shape index (κ1) is 14.4. The molecule has 1 aliphatic heterocycles. The molecule has 5 nitrogen and oxygen atoms in total. The van der Waals surface area contributed by atoms with Gasteiger partial charge in [0.1, 0.15) is 0 Å². The Morgan fingerprint density at radius 2 is 2.32 bits per heavy atom. The number of unbranched alkanes of at least 4 members (excludes halogenated alkanes) is 1. The number of rotatable bonds is 6. The van der Waals surface area contributed by atoms with Crippen molar-refractivity contribution >= 4 is 15.8 Å². The van der Waals surface area contributed by atoms with Gasteiger partial charge in [0.15, 0.2) is 9.84 Å². The van der Waals surface area contributed by atoms with Gasteiger partial charge in [-0.3, -0.25) is 0 Å². The van der Waals surface area contributed by atoms with Crippen molar-refractivity contribution in [2.24, 2.45) is 5.92 Å². The summed E-state index contributed by atoms with van der Waals surface area (Å²) in [5, 5.41) is 3.33. The molecule has 1 atom stereocenters. The zero-order valence-corrected chi connectivity index (χ0v) is 12.5. The molecular weight excluding hydrogens is 262 g/mol. The Morgan fingerprint density at radius 3 is 2.95 bits per heavy atom. The third kappa shape index (κ3) is 3.96. The zero-order chi connectivity index (χ0) is 13.9. The number of nitrogens with one attached hydrogen (secondary N) is 1. The maximum Gasteiger partial charge on any atom is 0.203 e. The van der Waals surface area contributed by atoms with Gasteiger partial charge in [-0.2, -0.15) is 0 Å². The molecule has 0 saturated carbocycles. The van der Waals surface area contributed by atoms with E-state index in [1.165, 1.54) is 0 Å². The lowest BCUT2D eigenvalue weighted by Gasteiger charge is -2.12. The predicted molar refractivity (Wildman–Crippen MR) is 77.1 cm³/mol. The SMILES string of the molecule is CCCCNc1nc(C)cn1CC1CCS(=O)(=O)C1. The van der Waals surface area contributed by atoms with E-state index in [0.29, 0.717) is 11.5 Å². The van der Waals surface area contributed by atoms with E-state index in [9.17, 15) is 8.42 Å². The molecule has 2 rings (SSSR count). The molecule has 1 fully saturated rings. The van der Waals surface area contributed by atoms with Crippen LogP contribution in [0.25, 0.3) is 0 Å². The summed E-state index contributed by atoms with van der Waals surface area (Å²) in [5.41, 5.74) is 0.972. The Hall–Kier alpha value is -1.04. The first-order valence-electron chi connectivity index (χ1n) is 6.98. The molecule has 1 unspecified atom stereocenters. The van der Waals surface area contributed by atoms with Crippen molar-refractivity contribution in [2.75, 3.05) is 23.4 Å². The van der Waals surface area contributed by atoms with E-state index in [0.717, 1.165) is 44.0 Å². The molecule has 0 amide bonds. The lowest BCUT2D eigenvalue weighted by atomic mass is 10.1. The lowest BCUT2D eigenvalue weighted by molar-refractivity contribution is 0.493. The molecule has 1 saturated heterocycles. The highest BCUT2D eigenvalue weighted by Gasteiger charge is 2.28. The Morgan fingerprint density at radius 1 is 1.53 bits per heavy atom. The van der Waals surface area contributed by atoms with E-state index >= 15 is 0 Å². The molecule has 1 N–H and O–H groups in total. The van der Waals surface area contributed by atoms with Crippen molar-refractivity contribution in [1.82, 2.24) is 9.55 Å². The van der Waals surface area contributed by atoms with Crippen LogP contribution in [0.1, 0.15) is 31.9 Å². The fourth-order valence-corrected chi connectivity index (χ4v) is 4.35. The van der Waals surface area contributed by atoms with Crippen LogP contribution in [-0.2, 0) is 16.4 Å². The molecule has 19 heavy (non-hydrogen) atoms. The number of anilines is 1. The van der Waals surface area contributed by atoms with Gasteiger partial charge < -0.3 is 9.88 Å². The van der Waals surface area contributed by atoms with E-state index in [2.05, 4.69) is 21.8 Å². The van der Waals surface area contributed by atoms with Gasteiger partial charge in [-0.05, 0) is 25.7 Å². The maximum atomic E-state index is 11.5. The third-order valence-electron chi connectivity index (χ3n) is 3.49. The van der Waals surface area contributed by atoms with Crippen molar-refractivity contribution in [3.8, 4) is 0 Å². The van der Waals surface area contributed by atoms with Crippen LogP contribution in [0.4, 0.5) is 5.95 Å². The molecule has 0 aliphatic carbocycles. The first-order valence-corrected chi connectivity index (χ1v) is 8.80. The number of nitrogens with zero attached hydrogens (tertiary/aromatic N) is 2. The molecule has 2 heterocycles. The Labute approximate surface area is 115 Å². The van der Waals surface area contributed by atoms with Gasteiger partial charge >= 0.3 is 0 Å². The second-order valence-corrected chi connectivity index (χ2v) is 7.64. The number of aromatic nitrogens is 2. The standard InChI is InChI=1S/C13H23N3O2S/c1-3-4-6-14-13-15-11(2)8-16(13)9-12-5-7-19(17,18)10-12/h8,12H,3-7,9-10H2,1-2H3,(H,14,15). The highest BCUT2D eigenvalue weighted by atomic mass is 32.2. The van der Waals surface area contributed by atoms with Gasteiger partial charge in [0.2, 0.25) is 5.95 Å². The monoisotopic (exact) mass is 285 g/mol. The van der Waals surface area contributed by atoms with E-state index in [4.69, 9.17) is 0 Å². The molecule has 0 spiro atoms. The molecule has 0 bridgehead atoms. The summed E-state index contributed by atoms with van der Waals surface area (Å²) in [6, 6.07) is 0. The van der Waals surface area contributed by atoms with Crippen molar-refractivity contribution in [3.63, 3.8) is 0 Å². The molecule has 1 aliphatic rings. The highest BCUT2D eigenvalue weighted by molar-refractivity contribution is 7.91. The van der Waals surface area contributed by atoms with Crippen LogP contribution >= 0.6 is 0 Å². The van der Waals surface area contributed by atoms with E-state index in [1.807, 2.05) is 13.1 Å². The molecule has 0 radical (unpaired) electrons. The van der Waals surface area contributed by atoms with Gasteiger partial charge in [0, 0.05) is 19.3 Å². The Bertz CT molecular complexity index is 522. The van der Waals surface area contributed by atoms with Crippen LogP contribution in [0.2, 0.25) is 0 Å². The van der Waals surface area contributed by atoms with Crippen molar-refractivity contribution in [3.05, 3.63) is 11.9 Å². The molecule has 0 aromatic carbocycles. The smallest absolute Gasteiger partial charge is 0.203 e. The summed E-state index contributed by atoms with van der Waals surface area (Å²) < 4.78 is 25.0. The van der Waals surface area contributed by atoms with Crippen LogP contribution in [-0.4, -0.2) is 36.0 Å². The van der Waals surface area contributed by atoms with Gasteiger partial charge in [-0.15, -0.1) is 0 Å². The van der Waals surface area contributed by atoms with E-state index < -0.39 is 9.84 Å². The third-order valence-corrected chi connectivity index (χ3v) is 5.33. The average Bonchev–Trinajstić information content (AvgIpc) is 2.83. The zero-order valence-electron chi connectivity index (χ0n) is 11.7. The minimum Gasteiger partial charge on any atom is -0.356 e. The normalized spacial score (nSPS) is 21.7. The molecule has 108 valence electrons. The Balaban J connectivity index is 1.99. The van der Waals surface area contributed by atoms with E-state index in [1.54, 1.807) is 0 Å². The number of aryl methyl sites for hydroxylation is 1. The summed E-state index contributed by atoms with van der Waals surface area (Å²) >= 11 is 0. The predicted octanol–water partition coefficient (Wildman–Crippen LogP) is 1.84. The molecular formula is C13H23N3O2S. The fourth-order valence-electron chi connectivity index (χ4n) is 2.50. The van der Waals surface area contributed by atoms with Gasteiger partial charge in [0.25, 0.3) is 0 Å². The summed E-state index contributed by atoms with van der Waals surface area (Å²) in [4.78, 5) is 4.46. The number of hydrogen-bond donors (Lipinski definition) is 1. The Kier molecular flexibility index (Phi) is 4.50. The van der Waals surface area contributed by atoms with Crippen LogP contribution < -0.4 is 5.32 Å². The van der Waals surface area contributed by atoms with Crippen LogP contribution in [0.5, 0.6) is 0 Å². The number of sulfone groups is 1. The summed E-state index contributed by atoms with van der Waals surface area (Å²) in [6.07, 6.45) is 5.03.